The van der Waals surface area contributed by atoms with Crippen molar-refractivity contribution in [2.45, 2.75) is 43.8 Å². The van der Waals surface area contributed by atoms with Crippen LogP contribution in [0.25, 0.3) is 0 Å². The van der Waals surface area contributed by atoms with Crippen LogP contribution >= 0.6 is 0 Å². The first-order chi connectivity index (χ1) is 11.7. The Hall–Kier alpha value is -1.72. The average molecular weight is 327 g/mol. The minimum absolute atomic E-state index is 0.0637. The minimum Gasteiger partial charge on any atom is -0.390 e. The van der Waals surface area contributed by atoms with Gasteiger partial charge in [-0.2, -0.15) is 0 Å². The summed E-state index contributed by atoms with van der Waals surface area (Å²) in [5, 5.41) is 24.0. The molecule has 1 heterocycles. The molecule has 0 radical (unpaired) electrons. The molecule has 4 nitrogen and oxygen atoms in total. The van der Waals surface area contributed by atoms with Crippen molar-refractivity contribution in [3.8, 4) is 0 Å². The van der Waals surface area contributed by atoms with Crippen LogP contribution in [0.2, 0.25) is 0 Å². The SMILES string of the molecule is OC(Cc1ccccc1)C(O)C1CC(OCc2ccccc2)CN1. The van der Waals surface area contributed by atoms with Gasteiger partial charge >= 0.3 is 0 Å². The van der Waals surface area contributed by atoms with Gasteiger partial charge < -0.3 is 20.3 Å². The Kier molecular flexibility index (Phi) is 5.99. The van der Waals surface area contributed by atoms with Crippen LogP contribution in [-0.2, 0) is 17.8 Å². The zero-order valence-corrected chi connectivity index (χ0v) is 13.7. The third-order valence-electron chi connectivity index (χ3n) is 4.55. The van der Waals surface area contributed by atoms with Gasteiger partial charge in [-0.3, -0.25) is 0 Å². The van der Waals surface area contributed by atoms with Crippen LogP contribution in [0, 0.1) is 0 Å². The highest BCUT2D eigenvalue weighted by molar-refractivity contribution is 5.16. The van der Waals surface area contributed by atoms with Crippen molar-refractivity contribution >= 4 is 0 Å². The fourth-order valence-electron chi connectivity index (χ4n) is 3.15. The molecule has 4 unspecified atom stereocenters. The molecule has 1 fully saturated rings. The Balaban J connectivity index is 1.46. The van der Waals surface area contributed by atoms with Gasteiger partial charge in [-0.1, -0.05) is 60.7 Å². The van der Waals surface area contributed by atoms with E-state index in [-0.39, 0.29) is 12.1 Å². The van der Waals surface area contributed by atoms with Gasteiger partial charge in [-0.05, 0) is 17.5 Å². The molecule has 0 aliphatic carbocycles. The molecule has 24 heavy (non-hydrogen) atoms. The van der Waals surface area contributed by atoms with E-state index in [1.165, 1.54) is 0 Å². The maximum absolute atomic E-state index is 10.4. The van der Waals surface area contributed by atoms with E-state index in [1.54, 1.807) is 0 Å². The highest BCUT2D eigenvalue weighted by Crippen LogP contribution is 2.18. The minimum atomic E-state index is -0.796. The summed E-state index contributed by atoms with van der Waals surface area (Å²) in [5.41, 5.74) is 2.17. The van der Waals surface area contributed by atoms with Gasteiger partial charge in [0.2, 0.25) is 0 Å². The molecule has 3 rings (SSSR count). The zero-order chi connectivity index (χ0) is 16.8. The van der Waals surface area contributed by atoms with Crippen LogP contribution in [0.5, 0.6) is 0 Å². The summed E-state index contributed by atoms with van der Waals surface area (Å²) in [4.78, 5) is 0. The molecule has 2 aromatic carbocycles. The molecule has 0 amide bonds. The number of aliphatic hydroxyl groups is 2. The molecule has 1 saturated heterocycles. The molecular weight excluding hydrogens is 302 g/mol. The lowest BCUT2D eigenvalue weighted by Crippen LogP contribution is -2.43. The van der Waals surface area contributed by atoms with E-state index in [2.05, 4.69) is 5.32 Å². The topological polar surface area (TPSA) is 61.7 Å². The van der Waals surface area contributed by atoms with Crippen LogP contribution in [-0.4, -0.2) is 41.1 Å². The van der Waals surface area contributed by atoms with Crippen LogP contribution in [0.15, 0.2) is 60.7 Å². The fourth-order valence-corrected chi connectivity index (χ4v) is 3.15. The van der Waals surface area contributed by atoms with Crippen molar-refractivity contribution in [2.24, 2.45) is 0 Å². The molecule has 4 atom stereocenters. The number of nitrogens with one attached hydrogen (secondary N) is 1. The fraction of sp³-hybridized carbons (Fsp3) is 0.400. The highest BCUT2D eigenvalue weighted by atomic mass is 16.5. The van der Waals surface area contributed by atoms with Gasteiger partial charge in [0.1, 0.15) is 0 Å². The number of ether oxygens (including phenoxy) is 1. The van der Waals surface area contributed by atoms with Crippen molar-refractivity contribution < 1.29 is 14.9 Å². The van der Waals surface area contributed by atoms with E-state index in [1.807, 2.05) is 60.7 Å². The summed E-state index contributed by atoms with van der Waals surface area (Å²) in [6.45, 7) is 1.27. The predicted molar refractivity (Wildman–Crippen MR) is 93.6 cm³/mol. The van der Waals surface area contributed by atoms with Crippen LogP contribution in [0.1, 0.15) is 17.5 Å². The smallest absolute Gasteiger partial charge is 0.0955 e. The number of benzene rings is 2. The van der Waals surface area contributed by atoms with Gasteiger partial charge in [-0.25, -0.2) is 0 Å². The van der Waals surface area contributed by atoms with E-state index >= 15 is 0 Å². The molecule has 3 N–H and O–H groups in total. The number of aliphatic hydroxyl groups excluding tert-OH is 2. The summed E-state index contributed by atoms with van der Waals surface area (Å²) in [7, 11) is 0. The van der Waals surface area contributed by atoms with Crippen molar-refractivity contribution in [1.82, 2.24) is 5.32 Å². The Labute approximate surface area is 143 Å². The monoisotopic (exact) mass is 327 g/mol. The summed E-state index contributed by atoms with van der Waals surface area (Å²) in [5.74, 6) is 0. The second kappa shape index (κ2) is 8.40. The maximum Gasteiger partial charge on any atom is 0.0955 e. The van der Waals surface area contributed by atoms with E-state index in [0.29, 0.717) is 26.0 Å². The van der Waals surface area contributed by atoms with Gasteiger partial charge in [-0.15, -0.1) is 0 Å². The molecule has 2 aromatic rings. The lowest BCUT2D eigenvalue weighted by atomic mass is 9.97. The first kappa shape index (κ1) is 17.1. The van der Waals surface area contributed by atoms with Crippen LogP contribution in [0.4, 0.5) is 0 Å². The van der Waals surface area contributed by atoms with Crippen molar-refractivity contribution in [3.05, 3.63) is 71.8 Å². The van der Waals surface area contributed by atoms with Gasteiger partial charge in [0.15, 0.2) is 0 Å². The first-order valence-corrected chi connectivity index (χ1v) is 8.51. The normalized spacial score (nSPS) is 23.1. The van der Waals surface area contributed by atoms with Crippen LogP contribution in [0.3, 0.4) is 0 Å². The van der Waals surface area contributed by atoms with Gasteiger partial charge in [0.05, 0.1) is 24.9 Å². The summed E-state index contributed by atoms with van der Waals surface area (Å²) < 4.78 is 5.91. The molecular formula is C20H25NO3. The Morgan fingerprint density at radius 2 is 1.58 bits per heavy atom. The molecule has 128 valence electrons. The zero-order valence-electron chi connectivity index (χ0n) is 13.7. The van der Waals surface area contributed by atoms with Crippen molar-refractivity contribution in [2.75, 3.05) is 6.54 Å². The third-order valence-corrected chi connectivity index (χ3v) is 4.55. The standard InChI is InChI=1S/C20H25NO3/c22-19(11-15-7-3-1-4-8-15)20(23)18-12-17(13-21-18)24-14-16-9-5-2-6-10-16/h1-10,17-23H,11-14H2. The molecule has 0 saturated carbocycles. The van der Waals surface area contributed by atoms with E-state index < -0.39 is 12.2 Å². The molecule has 1 aliphatic heterocycles. The summed E-state index contributed by atoms with van der Waals surface area (Å²) >= 11 is 0. The third kappa shape index (κ3) is 4.65. The molecule has 4 heteroatoms. The van der Waals surface area contributed by atoms with E-state index in [4.69, 9.17) is 4.74 Å². The molecule has 1 aliphatic rings. The molecule has 0 bridgehead atoms. The first-order valence-electron chi connectivity index (χ1n) is 8.51. The Morgan fingerprint density at radius 3 is 2.25 bits per heavy atom. The van der Waals surface area contributed by atoms with Gasteiger partial charge in [0.25, 0.3) is 0 Å². The largest absolute Gasteiger partial charge is 0.390 e. The quantitative estimate of drug-likeness (QED) is 0.727. The lowest BCUT2D eigenvalue weighted by molar-refractivity contribution is -0.00573. The van der Waals surface area contributed by atoms with E-state index in [0.717, 1.165) is 11.1 Å². The predicted octanol–water partition coefficient (Wildman–Crippen LogP) is 1.90. The Bertz CT molecular complexity index is 605. The second-order valence-electron chi connectivity index (χ2n) is 6.42. The Morgan fingerprint density at radius 1 is 0.958 bits per heavy atom. The maximum atomic E-state index is 10.4. The highest BCUT2D eigenvalue weighted by Gasteiger charge is 2.33. The number of hydrogen-bond donors (Lipinski definition) is 3. The van der Waals surface area contributed by atoms with Crippen molar-refractivity contribution in [1.29, 1.82) is 0 Å². The van der Waals surface area contributed by atoms with Crippen molar-refractivity contribution in [3.63, 3.8) is 0 Å². The molecule has 0 aromatic heterocycles. The summed E-state index contributed by atoms with van der Waals surface area (Å²) in [6, 6.07) is 19.7. The van der Waals surface area contributed by atoms with Crippen LogP contribution < -0.4 is 5.32 Å². The van der Waals surface area contributed by atoms with Gasteiger partial charge in [0, 0.05) is 19.0 Å². The number of rotatable bonds is 7. The molecule has 0 spiro atoms. The second-order valence-corrected chi connectivity index (χ2v) is 6.42. The lowest BCUT2D eigenvalue weighted by Gasteiger charge is -2.23. The average Bonchev–Trinajstić information content (AvgIpc) is 3.10. The number of hydrogen-bond acceptors (Lipinski definition) is 4. The summed E-state index contributed by atoms with van der Waals surface area (Å²) in [6.07, 6.45) is -0.350. The van der Waals surface area contributed by atoms with E-state index in [9.17, 15) is 10.2 Å².